The molecule has 3 rings (SSSR count). The first-order valence-electron chi connectivity index (χ1n) is 6.30. The Hall–Kier alpha value is -2.21. The highest BCUT2D eigenvalue weighted by Crippen LogP contribution is 2.36. The second-order valence-corrected chi connectivity index (χ2v) is 5.68. The highest BCUT2D eigenvalue weighted by atomic mass is 79.9. The van der Waals surface area contributed by atoms with Gasteiger partial charge in [-0.15, -0.1) is 0 Å². The van der Waals surface area contributed by atoms with Gasteiger partial charge >= 0.3 is 0 Å². The predicted molar refractivity (Wildman–Crippen MR) is 83.8 cm³/mol. The maximum absolute atomic E-state index is 12.4. The fourth-order valence-corrected chi connectivity index (χ4v) is 2.77. The Morgan fingerprint density at radius 2 is 1.90 bits per heavy atom. The van der Waals surface area contributed by atoms with Crippen LogP contribution in [0.1, 0.15) is 15.9 Å². The molecular formula is C15H13BrN2O3. The molecule has 1 amide bonds. The largest absolute Gasteiger partial charge is 0.454 e. The van der Waals surface area contributed by atoms with Gasteiger partial charge in [-0.2, -0.15) is 0 Å². The van der Waals surface area contributed by atoms with Crippen molar-refractivity contribution in [3.8, 4) is 11.5 Å². The maximum Gasteiger partial charge on any atom is 0.257 e. The first kappa shape index (κ1) is 13.8. The molecule has 0 aromatic heterocycles. The van der Waals surface area contributed by atoms with Gasteiger partial charge in [0.1, 0.15) is 0 Å². The molecule has 0 saturated carbocycles. The lowest BCUT2D eigenvalue weighted by Crippen LogP contribution is -2.14. The zero-order valence-corrected chi connectivity index (χ0v) is 12.9. The molecule has 108 valence electrons. The summed E-state index contributed by atoms with van der Waals surface area (Å²) in [5.74, 6) is 0.797. The molecule has 21 heavy (non-hydrogen) atoms. The van der Waals surface area contributed by atoms with E-state index in [0.717, 1.165) is 10.0 Å². The molecule has 0 atom stereocenters. The molecule has 0 fully saturated rings. The highest BCUT2D eigenvalue weighted by Gasteiger charge is 2.19. The fourth-order valence-electron chi connectivity index (χ4n) is 2.16. The lowest BCUT2D eigenvalue weighted by molar-refractivity contribution is 0.102. The number of benzene rings is 2. The molecule has 1 heterocycles. The molecular weight excluding hydrogens is 336 g/mol. The van der Waals surface area contributed by atoms with Gasteiger partial charge in [0.15, 0.2) is 11.5 Å². The van der Waals surface area contributed by atoms with Crippen LogP contribution in [0, 0.1) is 6.92 Å². The summed E-state index contributed by atoms with van der Waals surface area (Å²) in [6.07, 6.45) is 0. The summed E-state index contributed by atoms with van der Waals surface area (Å²) in [6, 6.07) is 8.87. The Kier molecular flexibility index (Phi) is 3.47. The number of anilines is 2. The molecule has 6 heteroatoms. The third kappa shape index (κ3) is 2.80. The molecule has 2 aromatic carbocycles. The third-order valence-electron chi connectivity index (χ3n) is 3.09. The standard InChI is InChI=1S/C15H13BrN2O3/c1-8-2-9(16)4-10(3-8)18-15(19)11-5-13-14(6-12(11)17)21-7-20-13/h2-6H,7,17H2,1H3,(H,18,19). The van der Waals surface area contributed by atoms with Crippen LogP contribution in [0.3, 0.4) is 0 Å². The van der Waals surface area contributed by atoms with Crippen molar-refractivity contribution in [3.63, 3.8) is 0 Å². The number of hydrogen-bond acceptors (Lipinski definition) is 4. The average Bonchev–Trinajstić information content (AvgIpc) is 2.83. The second-order valence-electron chi connectivity index (χ2n) is 4.76. The average molecular weight is 349 g/mol. The number of nitrogens with one attached hydrogen (secondary N) is 1. The summed E-state index contributed by atoms with van der Waals surface area (Å²) in [5, 5.41) is 2.83. The summed E-state index contributed by atoms with van der Waals surface area (Å²) >= 11 is 3.40. The SMILES string of the molecule is Cc1cc(Br)cc(NC(=O)c2cc3c(cc2N)OCO3)c1. The molecule has 1 aliphatic rings. The first-order chi connectivity index (χ1) is 10.0. The highest BCUT2D eigenvalue weighted by molar-refractivity contribution is 9.10. The Labute approximate surface area is 130 Å². The minimum atomic E-state index is -0.289. The van der Waals surface area contributed by atoms with Crippen LogP contribution < -0.4 is 20.5 Å². The second kappa shape index (κ2) is 5.29. The van der Waals surface area contributed by atoms with Gasteiger partial charge in [-0.3, -0.25) is 4.79 Å². The van der Waals surface area contributed by atoms with Crippen LogP contribution in [-0.4, -0.2) is 12.7 Å². The molecule has 0 bridgehead atoms. The van der Waals surface area contributed by atoms with Gasteiger partial charge in [0.25, 0.3) is 5.91 Å². The zero-order chi connectivity index (χ0) is 15.0. The van der Waals surface area contributed by atoms with E-state index in [0.29, 0.717) is 28.4 Å². The van der Waals surface area contributed by atoms with Gasteiger partial charge in [-0.25, -0.2) is 0 Å². The molecule has 0 saturated heterocycles. The van der Waals surface area contributed by atoms with Gasteiger partial charge in [-0.1, -0.05) is 15.9 Å². The van der Waals surface area contributed by atoms with E-state index in [1.54, 1.807) is 12.1 Å². The fraction of sp³-hybridized carbons (Fsp3) is 0.133. The number of carbonyl (C=O) groups is 1. The van der Waals surface area contributed by atoms with Crippen molar-refractivity contribution in [2.75, 3.05) is 17.8 Å². The topological polar surface area (TPSA) is 73.6 Å². The van der Waals surface area contributed by atoms with Crippen LogP contribution in [0.15, 0.2) is 34.8 Å². The summed E-state index contributed by atoms with van der Waals surface area (Å²) in [5.41, 5.74) is 8.35. The number of aryl methyl sites for hydroxylation is 1. The Balaban J connectivity index is 1.89. The summed E-state index contributed by atoms with van der Waals surface area (Å²) in [7, 11) is 0. The maximum atomic E-state index is 12.4. The number of amides is 1. The molecule has 5 nitrogen and oxygen atoms in total. The van der Waals surface area contributed by atoms with Gasteiger partial charge in [0, 0.05) is 21.9 Å². The van der Waals surface area contributed by atoms with Gasteiger partial charge < -0.3 is 20.5 Å². The van der Waals surface area contributed by atoms with E-state index < -0.39 is 0 Å². The van der Waals surface area contributed by atoms with Crippen LogP contribution in [-0.2, 0) is 0 Å². The Morgan fingerprint density at radius 3 is 2.62 bits per heavy atom. The predicted octanol–water partition coefficient (Wildman–Crippen LogP) is 3.32. The van der Waals surface area contributed by atoms with Crippen molar-refractivity contribution in [1.82, 2.24) is 0 Å². The Morgan fingerprint density at radius 1 is 1.19 bits per heavy atom. The molecule has 2 aromatic rings. The number of carbonyl (C=O) groups excluding carboxylic acids is 1. The van der Waals surface area contributed by atoms with Crippen LogP contribution >= 0.6 is 15.9 Å². The molecule has 0 radical (unpaired) electrons. The number of ether oxygens (including phenoxy) is 2. The monoisotopic (exact) mass is 348 g/mol. The molecule has 0 aliphatic carbocycles. The van der Waals surface area contributed by atoms with Crippen molar-refractivity contribution >= 4 is 33.2 Å². The lowest BCUT2D eigenvalue weighted by Gasteiger charge is -2.10. The van der Waals surface area contributed by atoms with E-state index in [1.165, 1.54) is 0 Å². The van der Waals surface area contributed by atoms with E-state index in [1.807, 2.05) is 25.1 Å². The van der Waals surface area contributed by atoms with Crippen LogP contribution in [0.4, 0.5) is 11.4 Å². The number of halogens is 1. The van der Waals surface area contributed by atoms with Crippen LogP contribution in [0.25, 0.3) is 0 Å². The first-order valence-corrected chi connectivity index (χ1v) is 7.10. The van der Waals surface area contributed by atoms with Gasteiger partial charge in [0.05, 0.1) is 5.56 Å². The zero-order valence-electron chi connectivity index (χ0n) is 11.3. The van der Waals surface area contributed by atoms with Gasteiger partial charge in [0.2, 0.25) is 6.79 Å². The number of hydrogen-bond donors (Lipinski definition) is 2. The van der Waals surface area contributed by atoms with Crippen molar-refractivity contribution in [1.29, 1.82) is 0 Å². The van der Waals surface area contributed by atoms with E-state index in [4.69, 9.17) is 15.2 Å². The van der Waals surface area contributed by atoms with E-state index in [9.17, 15) is 4.79 Å². The summed E-state index contributed by atoms with van der Waals surface area (Å²) in [6.45, 7) is 2.10. The quantitative estimate of drug-likeness (QED) is 0.816. The van der Waals surface area contributed by atoms with Crippen LogP contribution in [0.5, 0.6) is 11.5 Å². The van der Waals surface area contributed by atoms with Crippen molar-refractivity contribution < 1.29 is 14.3 Å². The van der Waals surface area contributed by atoms with Crippen molar-refractivity contribution in [3.05, 3.63) is 45.9 Å². The van der Waals surface area contributed by atoms with E-state index >= 15 is 0 Å². The normalized spacial score (nSPS) is 12.3. The molecule has 0 unspecified atom stereocenters. The molecule has 3 N–H and O–H groups in total. The number of fused-ring (bicyclic) bond motifs is 1. The lowest BCUT2D eigenvalue weighted by atomic mass is 10.1. The third-order valence-corrected chi connectivity index (χ3v) is 3.55. The minimum Gasteiger partial charge on any atom is -0.454 e. The number of rotatable bonds is 2. The van der Waals surface area contributed by atoms with E-state index in [2.05, 4.69) is 21.2 Å². The molecule has 0 spiro atoms. The summed E-state index contributed by atoms with van der Waals surface area (Å²) < 4.78 is 11.4. The van der Waals surface area contributed by atoms with Gasteiger partial charge in [-0.05, 0) is 36.8 Å². The smallest absolute Gasteiger partial charge is 0.257 e. The molecule has 1 aliphatic heterocycles. The van der Waals surface area contributed by atoms with Crippen molar-refractivity contribution in [2.45, 2.75) is 6.92 Å². The van der Waals surface area contributed by atoms with Crippen molar-refractivity contribution in [2.24, 2.45) is 0 Å². The van der Waals surface area contributed by atoms with E-state index in [-0.39, 0.29) is 12.7 Å². The summed E-state index contributed by atoms with van der Waals surface area (Å²) in [4.78, 5) is 12.4. The van der Waals surface area contributed by atoms with Crippen LogP contribution in [0.2, 0.25) is 0 Å². The number of nitrogen functional groups attached to an aromatic ring is 1. The minimum absolute atomic E-state index is 0.144. The Bertz CT molecular complexity index is 711. The number of nitrogens with two attached hydrogens (primary N) is 1.